The van der Waals surface area contributed by atoms with Crippen molar-refractivity contribution in [2.45, 2.75) is 38.5 Å². The Balaban J connectivity index is 1.42. The predicted octanol–water partition coefficient (Wildman–Crippen LogP) is 1.81. The van der Waals surface area contributed by atoms with Gasteiger partial charge in [0.2, 0.25) is 5.91 Å². The Labute approximate surface area is 148 Å². The number of amides is 2. The second-order valence-electron chi connectivity index (χ2n) is 6.77. The summed E-state index contributed by atoms with van der Waals surface area (Å²) in [4.78, 5) is 26.5. The lowest BCUT2D eigenvalue weighted by atomic mass is 9.96. The minimum atomic E-state index is -0.195. The van der Waals surface area contributed by atoms with Gasteiger partial charge in [0.15, 0.2) is 6.29 Å². The van der Waals surface area contributed by atoms with Crippen LogP contribution in [0.4, 0.5) is 0 Å². The Morgan fingerprint density at radius 3 is 2.44 bits per heavy atom. The van der Waals surface area contributed by atoms with Crippen molar-refractivity contribution in [1.82, 2.24) is 10.2 Å². The van der Waals surface area contributed by atoms with E-state index in [4.69, 9.17) is 9.47 Å². The van der Waals surface area contributed by atoms with E-state index in [9.17, 15) is 9.59 Å². The summed E-state index contributed by atoms with van der Waals surface area (Å²) in [5, 5.41) is 2.89. The van der Waals surface area contributed by atoms with Crippen molar-refractivity contribution in [2.75, 3.05) is 26.3 Å². The third-order valence-electron chi connectivity index (χ3n) is 4.82. The van der Waals surface area contributed by atoms with E-state index >= 15 is 0 Å². The number of rotatable bonds is 5. The second-order valence-corrected chi connectivity index (χ2v) is 6.77. The predicted molar refractivity (Wildman–Crippen MR) is 93.0 cm³/mol. The SMILES string of the molecule is CC(CC(=O)N1CCC(C2OCCO2)CC1)NC(=O)c1ccccc1. The molecule has 2 aliphatic rings. The number of nitrogens with zero attached hydrogens (tertiary/aromatic N) is 1. The molecule has 0 spiro atoms. The molecule has 0 bridgehead atoms. The molecular weight excluding hydrogens is 320 g/mol. The summed E-state index contributed by atoms with van der Waals surface area (Å²) in [5.74, 6) is 0.324. The van der Waals surface area contributed by atoms with Crippen molar-refractivity contribution >= 4 is 11.8 Å². The van der Waals surface area contributed by atoms with Crippen LogP contribution >= 0.6 is 0 Å². The molecule has 1 unspecified atom stereocenters. The zero-order valence-corrected chi connectivity index (χ0v) is 14.6. The molecule has 2 fully saturated rings. The summed E-state index contributed by atoms with van der Waals surface area (Å²) >= 11 is 0. The molecule has 25 heavy (non-hydrogen) atoms. The first-order chi connectivity index (χ1) is 12.1. The topological polar surface area (TPSA) is 67.9 Å². The highest BCUT2D eigenvalue weighted by Gasteiger charge is 2.32. The average Bonchev–Trinajstić information content (AvgIpc) is 3.17. The fourth-order valence-corrected chi connectivity index (χ4v) is 3.41. The third kappa shape index (κ3) is 4.80. The number of nitrogens with one attached hydrogen (secondary N) is 1. The highest BCUT2D eigenvalue weighted by molar-refractivity contribution is 5.94. The van der Waals surface area contributed by atoms with Crippen molar-refractivity contribution in [3.63, 3.8) is 0 Å². The van der Waals surface area contributed by atoms with E-state index in [2.05, 4.69) is 5.32 Å². The van der Waals surface area contributed by atoms with Crippen LogP contribution < -0.4 is 5.32 Å². The fraction of sp³-hybridized carbons (Fsp3) is 0.579. The molecule has 2 saturated heterocycles. The van der Waals surface area contributed by atoms with Gasteiger partial charge in [0.25, 0.3) is 5.91 Å². The number of benzene rings is 1. The molecule has 2 heterocycles. The van der Waals surface area contributed by atoms with E-state index < -0.39 is 0 Å². The standard InChI is InChI=1S/C19H26N2O4/c1-14(20-18(23)15-5-3-2-4-6-15)13-17(22)21-9-7-16(8-10-21)19-24-11-12-25-19/h2-6,14,16,19H,7-13H2,1H3,(H,20,23). The molecule has 6 nitrogen and oxygen atoms in total. The Kier molecular flexibility index (Phi) is 6.04. The summed E-state index contributed by atoms with van der Waals surface area (Å²) in [7, 11) is 0. The maximum atomic E-state index is 12.5. The largest absolute Gasteiger partial charge is 0.350 e. The van der Waals surface area contributed by atoms with E-state index in [0.717, 1.165) is 25.9 Å². The highest BCUT2D eigenvalue weighted by atomic mass is 16.7. The monoisotopic (exact) mass is 346 g/mol. The molecule has 2 aliphatic heterocycles. The normalized spacial score (nSPS) is 20.4. The maximum absolute atomic E-state index is 12.5. The number of ether oxygens (including phenoxy) is 2. The van der Waals surface area contributed by atoms with Crippen LogP contribution in [0.1, 0.15) is 36.5 Å². The van der Waals surface area contributed by atoms with Gasteiger partial charge in [0, 0.05) is 37.0 Å². The van der Waals surface area contributed by atoms with Gasteiger partial charge in [-0.25, -0.2) is 0 Å². The summed E-state index contributed by atoms with van der Waals surface area (Å²) < 4.78 is 11.1. The van der Waals surface area contributed by atoms with Crippen molar-refractivity contribution in [2.24, 2.45) is 5.92 Å². The Morgan fingerprint density at radius 2 is 1.80 bits per heavy atom. The van der Waals surface area contributed by atoms with Gasteiger partial charge in [-0.05, 0) is 31.9 Å². The smallest absolute Gasteiger partial charge is 0.251 e. The summed E-state index contributed by atoms with van der Waals surface area (Å²) in [5.41, 5.74) is 0.610. The van der Waals surface area contributed by atoms with Crippen LogP contribution in [0.5, 0.6) is 0 Å². The molecular formula is C19H26N2O4. The minimum Gasteiger partial charge on any atom is -0.350 e. The number of carbonyl (C=O) groups excluding carboxylic acids is 2. The third-order valence-corrected chi connectivity index (χ3v) is 4.82. The molecule has 1 aromatic carbocycles. The van der Waals surface area contributed by atoms with Gasteiger partial charge in [-0.2, -0.15) is 0 Å². The first kappa shape index (κ1) is 17.9. The van der Waals surface area contributed by atoms with Crippen molar-refractivity contribution < 1.29 is 19.1 Å². The van der Waals surface area contributed by atoms with Gasteiger partial charge in [0.05, 0.1) is 13.2 Å². The molecule has 0 aromatic heterocycles. The number of hydrogen-bond acceptors (Lipinski definition) is 4. The molecule has 0 aliphatic carbocycles. The van der Waals surface area contributed by atoms with Crippen LogP contribution in [-0.2, 0) is 14.3 Å². The van der Waals surface area contributed by atoms with Crippen molar-refractivity contribution in [3.05, 3.63) is 35.9 Å². The van der Waals surface area contributed by atoms with Crippen molar-refractivity contribution in [1.29, 1.82) is 0 Å². The van der Waals surface area contributed by atoms with E-state index in [1.165, 1.54) is 0 Å². The first-order valence-electron chi connectivity index (χ1n) is 9.00. The number of likely N-dealkylation sites (tertiary alicyclic amines) is 1. The molecule has 0 saturated carbocycles. The Bertz CT molecular complexity index is 578. The lowest BCUT2D eigenvalue weighted by Gasteiger charge is -2.34. The quantitative estimate of drug-likeness (QED) is 0.883. The molecule has 1 atom stereocenters. The maximum Gasteiger partial charge on any atom is 0.251 e. The van der Waals surface area contributed by atoms with Crippen LogP contribution in [0.3, 0.4) is 0 Å². The Hall–Kier alpha value is -1.92. The van der Waals surface area contributed by atoms with Crippen LogP contribution in [0.2, 0.25) is 0 Å². The number of hydrogen-bond donors (Lipinski definition) is 1. The van der Waals surface area contributed by atoms with E-state index in [-0.39, 0.29) is 24.1 Å². The summed E-state index contributed by atoms with van der Waals surface area (Å²) in [6.45, 7) is 4.66. The van der Waals surface area contributed by atoms with E-state index in [1.807, 2.05) is 30.0 Å². The number of carbonyl (C=O) groups is 2. The highest BCUT2D eigenvalue weighted by Crippen LogP contribution is 2.26. The summed E-state index contributed by atoms with van der Waals surface area (Å²) in [6.07, 6.45) is 2.03. The van der Waals surface area contributed by atoms with Gasteiger partial charge >= 0.3 is 0 Å². The molecule has 6 heteroatoms. The van der Waals surface area contributed by atoms with Crippen LogP contribution in [0, 0.1) is 5.92 Å². The fourth-order valence-electron chi connectivity index (χ4n) is 3.41. The molecule has 0 radical (unpaired) electrons. The lowest BCUT2D eigenvalue weighted by molar-refractivity contribution is -0.137. The van der Waals surface area contributed by atoms with Crippen molar-refractivity contribution in [3.8, 4) is 0 Å². The van der Waals surface area contributed by atoms with E-state index in [0.29, 0.717) is 31.1 Å². The minimum absolute atomic E-state index is 0.0903. The van der Waals surface area contributed by atoms with Gasteiger partial charge in [-0.1, -0.05) is 18.2 Å². The summed E-state index contributed by atoms with van der Waals surface area (Å²) in [6, 6.07) is 8.86. The molecule has 3 rings (SSSR count). The number of piperidine rings is 1. The van der Waals surface area contributed by atoms with Gasteiger partial charge in [-0.15, -0.1) is 0 Å². The molecule has 1 N–H and O–H groups in total. The Morgan fingerprint density at radius 1 is 1.16 bits per heavy atom. The van der Waals surface area contributed by atoms with E-state index in [1.54, 1.807) is 12.1 Å². The zero-order valence-electron chi connectivity index (χ0n) is 14.6. The van der Waals surface area contributed by atoms with Crippen LogP contribution in [-0.4, -0.2) is 55.3 Å². The van der Waals surface area contributed by atoms with Crippen LogP contribution in [0.15, 0.2) is 30.3 Å². The lowest BCUT2D eigenvalue weighted by Crippen LogP contribution is -2.44. The second kappa shape index (κ2) is 8.45. The van der Waals surface area contributed by atoms with Gasteiger partial charge in [0.1, 0.15) is 0 Å². The van der Waals surface area contributed by atoms with Gasteiger partial charge in [-0.3, -0.25) is 9.59 Å². The van der Waals surface area contributed by atoms with Crippen LogP contribution in [0.25, 0.3) is 0 Å². The molecule has 1 aromatic rings. The molecule has 136 valence electrons. The first-order valence-corrected chi connectivity index (χ1v) is 9.00. The average molecular weight is 346 g/mol. The zero-order chi connectivity index (χ0) is 17.6. The van der Waals surface area contributed by atoms with Gasteiger partial charge < -0.3 is 19.7 Å². The molecule has 2 amide bonds.